The molecule has 1 aromatic rings. The summed E-state index contributed by atoms with van der Waals surface area (Å²) in [5.41, 5.74) is 7.21. The second-order valence-electron chi connectivity index (χ2n) is 6.01. The molecule has 0 spiro atoms. The summed E-state index contributed by atoms with van der Waals surface area (Å²) in [5, 5.41) is 2.93. The SMILES string of the molecule is Cl.NC(C(=O)NCCCCOCc1ccccc1)C1CCOCC1. The van der Waals surface area contributed by atoms with E-state index in [2.05, 4.69) is 17.4 Å². The molecule has 0 aliphatic carbocycles. The Hall–Kier alpha value is -1.14. The van der Waals surface area contributed by atoms with Crippen LogP contribution in [0.25, 0.3) is 0 Å². The second kappa shape index (κ2) is 12.3. The van der Waals surface area contributed by atoms with Crippen LogP contribution in [0, 0.1) is 5.92 Å². The van der Waals surface area contributed by atoms with Crippen molar-refractivity contribution in [1.29, 1.82) is 0 Å². The van der Waals surface area contributed by atoms with Gasteiger partial charge in [0.15, 0.2) is 0 Å². The summed E-state index contributed by atoms with van der Waals surface area (Å²) in [6.07, 6.45) is 3.59. The maximum absolute atomic E-state index is 12.0. The highest BCUT2D eigenvalue weighted by atomic mass is 35.5. The maximum atomic E-state index is 12.0. The molecular formula is C18H29ClN2O3. The Morgan fingerprint density at radius 1 is 1.25 bits per heavy atom. The van der Waals surface area contributed by atoms with Gasteiger partial charge in [-0.15, -0.1) is 12.4 Å². The molecule has 1 aromatic carbocycles. The molecule has 1 fully saturated rings. The lowest BCUT2D eigenvalue weighted by molar-refractivity contribution is -0.124. The summed E-state index contributed by atoms with van der Waals surface area (Å²) in [7, 11) is 0. The lowest BCUT2D eigenvalue weighted by atomic mass is 9.92. The molecule has 0 radical (unpaired) electrons. The largest absolute Gasteiger partial charge is 0.381 e. The van der Waals surface area contributed by atoms with Gasteiger partial charge in [0, 0.05) is 26.4 Å². The van der Waals surface area contributed by atoms with Crippen LogP contribution in [-0.4, -0.2) is 38.3 Å². The molecule has 0 saturated carbocycles. The number of carbonyl (C=O) groups excluding carboxylic acids is 1. The number of carbonyl (C=O) groups is 1. The molecule has 1 aliphatic rings. The van der Waals surface area contributed by atoms with Crippen molar-refractivity contribution in [2.45, 2.75) is 38.3 Å². The van der Waals surface area contributed by atoms with Crippen LogP contribution in [0.2, 0.25) is 0 Å². The average molecular weight is 357 g/mol. The molecule has 3 N–H and O–H groups in total. The maximum Gasteiger partial charge on any atom is 0.237 e. The van der Waals surface area contributed by atoms with Gasteiger partial charge in [0.05, 0.1) is 12.6 Å². The summed E-state index contributed by atoms with van der Waals surface area (Å²) in [4.78, 5) is 12.0. The van der Waals surface area contributed by atoms with Gasteiger partial charge < -0.3 is 20.5 Å². The van der Waals surface area contributed by atoms with E-state index in [0.29, 0.717) is 33.0 Å². The summed E-state index contributed by atoms with van der Waals surface area (Å²) in [5.74, 6) is 0.208. The van der Waals surface area contributed by atoms with Gasteiger partial charge >= 0.3 is 0 Å². The van der Waals surface area contributed by atoms with E-state index in [0.717, 1.165) is 25.7 Å². The number of nitrogens with two attached hydrogens (primary N) is 1. The molecule has 1 unspecified atom stereocenters. The molecule has 2 rings (SSSR count). The van der Waals surface area contributed by atoms with E-state index in [9.17, 15) is 4.79 Å². The highest BCUT2D eigenvalue weighted by molar-refractivity contribution is 5.85. The Morgan fingerprint density at radius 3 is 2.67 bits per heavy atom. The second-order valence-corrected chi connectivity index (χ2v) is 6.01. The van der Waals surface area contributed by atoms with Gasteiger partial charge in [-0.2, -0.15) is 0 Å². The number of benzene rings is 1. The Bertz CT molecular complexity index is 453. The van der Waals surface area contributed by atoms with Crippen LogP contribution in [0.1, 0.15) is 31.2 Å². The topological polar surface area (TPSA) is 73.6 Å². The molecule has 0 bridgehead atoms. The van der Waals surface area contributed by atoms with Crippen LogP contribution in [-0.2, 0) is 20.9 Å². The number of unbranched alkanes of at least 4 members (excludes halogenated alkanes) is 1. The third-order valence-corrected chi connectivity index (χ3v) is 4.20. The van der Waals surface area contributed by atoms with Crippen molar-refractivity contribution >= 4 is 18.3 Å². The molecule has 1 heterocycles. The van der Waals surface area contributed by atoms with E-state index < -0.39 is 6.04 Å². The first-order valence-corrected chi connectivity index (χ1v) is 8.50. The molecule has 1 atom stereocenters. The third kappa shape index (κ3) is 7.62. The van der Waals surface area contributed by atoms with Crippen molar-refractivity contribution in [3.8, 4) is 0 Å². The highest BCUT2D eigenvalue weighted by Gasteiger charge is 2.26. The zero-order valence-corrected chi connectivity index (χ0v) is 14.9. The highest BCUT2D eigenvalue weighted by Crippen LogP contribution is 2.17. The lowest BCUT2D eigenvalue weighted by Gasteiger charge is -2.26. The van der Waals surface area contributed by atoms with Gasteiger partial charge in [-0.3, -0.25) is 4.79 Å². The monoisotopic (exact) mass is 356 g/mol. The Morgan fingerprint density at radius 2 is 1.96 bits per heavy atom. The first-order valence-electron chi connectivity index (χ1n) is 8.50. The Labute approximate surface area is 150 Å². The Balaban J connectivity index is 0.00000288. The number of amides is 1. The zero-order valence-electron chi connectivity index (χ0n) is 14.1. The quantitative estimate of drug-likeness (QED) is 0.666. The third-order valence-electron chi connectivity index (χ3n) is 4.20. The van der Waals surface area contributed by atoms with E-state index in [-0.39, 0.29) is 24.2 Å². The van der Waals surface area contributed by atoms with Crippen LogP contribution in [0.5, 0.6) is 0 Å². The number of rotatable bonds is 9. The fraction of sp³-hybridized carbons (Fsp3) is 0.611. The smallest absolute Gasteiger partial charge is 0.237 e. The van der Waals surface area contributed by atoms with Crippen LogP contribution in [0.15, 0.2) is 30.3 Å². The molecule has 6 heteroatoms. The number of halogens is 1. The van der Waals surface area contributed by atoms with Crippen molar-refractivity contribution in [1.82, 2.24) is 5.32 Å². The molecule has 24 heavy (non-hydrogen) atoms. The average Bonchev–Trinajstić information content (AvgIpc) is 2.61. The molecule has 1 saturated heterocycles. The predicted molar refractivity (Wildman–Crippen MR) is 97.1 cm³/mol. The first-order chi connectivity index (χ1) is 11.3. The van der Waals surface area contributed by atoms with E-state index in [1.807, 2.05) is 18.2 Å². The Kier molecular flexibility index (Phi) is 10.7. The van der Waals surface area contributed by atoms with E-state index in [1.165, 1.54) is 5.56 Å². The first kappa shape index (κ1) is 20.9. The fourth-order valence-electron chi connectivity index (χ4n) is 2.71. The summed E-state index contributed by atoms with van der Waals surface area (Å²) in [6, 6.07) is 9.71. The van der Waals surface area contributed by atoms with Crippen molar-refractivity contribution in [3.63, 3.8) is 0 Å². The van der Waals surface area contributed by atoms with Gasteiger partial charge in [0.1, 0.15) is 0 Å². The van der Waals surface area contributed by atoms with Crippen LogP contribution < -0.4 is 11.1 Å². The van der Waals surface area contributed by atoms with Crippen LogP contribution in [0.3, 0.4) is 0 Å². The minimum atomic E-state index is -0.409. The van der Waals surface area contributed by atoms with Gasteiger partial charge in [0.2, 0.25) is 5.91 Å². The minimum absolute atomic E-state index is 0. The van der Waals surface area contributed by atoms with Gasteiger partial charge in [-0.05, 0) is 37.2 Å². The zero-order chi connectivity index (χ0) is 16.3. The molecule has 1 aliphatic heterocycles. The minimum Gasteiger partial charge on any atom is -0.381 e. The van der Waals surface area contributed by atoms with Crippen molar-refractivity contribution in [2.75, 3.05) is 26.4 Å². The van der Waals surface area contributed by atoms with Gasteiger partial charge in [-0.25, -0.2) is 0 Å². The molecular weight excluding hydrogens is 328 g/mol. The number of ether oxygens (including phenoxy) is 2. The van der Waals surface area contributed by atoms with E-state index in [1.54, 1.807) is 0 Å². The molecule has 1 amide bonds. The number of hydrogen-bond donors (Lipinski definition) is 2. The van der Waals surface area contributed by atoms with Gasteiger partial charge in [-0.1, -0.05) is 30.3 Å². The van der Waals surface area contributed by atoms with Crippen molar-refractivity contribution < 1.29 is 14.3 Å². The molecule has 5 nitrogen and oxygen atoms in total. The van der Waals surface area contributed by atoms with Crippen LogP contribution >= 0.6 is 12.4 Å². The summed E-state index contributed by atoms with van der Waals surface area (Å²) >= 11 is 0. The number of hydrogen-bond acceptors (Lipinski definition) is 4. The lowest BCUT2D eigenvalue weighted by Crippen LogP contribution is -2.47. The summed E-state index contributed by atoms with van der Waals surface area (Å²) in [6.45, 7) is 3.43. The normalized spacial score (nSPS) is 16.2. The molecule has 0 aromatic heterocycles. The van der Waals surface area contributed by atoms with Crippen LogP contribution in [0.4, 0.5) is 0 Å². The van der Waals surface area contributed by atoms with Crippen molar-refractivity contribution in [3.05, 3.63) is 35.9 Å². The fourth-order valence-corrected chi connectivity index (χ4v) is 2.71. The van der Waals surface area contributed by atoms with E-state index >= 15 is 0 Å². The standard InChI is InChI=1S/C18H28N2O3.ClH/c19-17(16-8-12-22-13-9-16)18(21)20-10-4-5-11-23-14-15-6-2-1-3-7-15;/h1-3,6-7,16-17H,4-5,8-14,19H2,(H,20,21);1H. The number of nitrogens with one attached hydrogen (secondary N) is 1. The van der Waals surface area contributed by atoms with E-state index in [4.69, 9.17) is 15.2 Å². The van der Waals surface area contributed by atoms with Crippen molar-refractivity contribution in [2.24, 2.45) is 11.7 Å². The molecule has 136 valence electrons. The summed E-state index contributed by atoms with van der Waals surface area (Å²) < 4.78 is 10.9. The van der Waals surface area contributed by atoms with Gasteiger partial charge in [0.25, 0.3) is 0 Å². The predicted octanol–water partition coefficient (Wildman–Crippen LogP) is 2.28.